The quantitative estimate of drug-likeness (QED) is 0.533. The first kappa shape index (κ1) is 15.8. The van der Waals surface area contributed by atoms with Crippen LogP contribution in [-0.2, 0) is 19.5 Å². The van der Waals surface area contributed by atoms with Crippen LogP contribution in [0.5, 0.6) is 0 Å². The molecule has 0 unspecified atom stereocenters. The number of methoxy groups -OCH3 is 1. The zero-order chi connectivity index (χ0) is 14.3. The molecular weight excluding hydrogens is 275 g/mol. The first-order valence-electron chi connectivity index (χ1n) is 5.59. The topological polar surface area (TPSA) is 90.6 Å². The molecule has 0 aliphatic heterocycles. The fraction of sp³-hybridized carbons (Fsp3) is 0.455. The standard InChI is InChI=1S/C11H17FN2O4S/c1-17-7-8-18-6-5-14-19(15,16)10-4-2-3-9(12)11(10)13/h2-4,14H,5-8,13H2,1H3. The summed E-state index contributed by atoms with van der Waals surface area (Å²) in [7, 11) is -2.29. The number of rotatable bonds is 8. The van der Waals surface area contributed by atoms with Crippen LogP contribution in [0.2, 0.25) is 0 Å². The van der Waals surface area contributed by atoms with E-state index in [4.69, 9.17) is 15.2 Å². The van der Waals surface area contributed by atoms with Crippen molar-refractivity contribution in [3.63, 3.8) is 0 Å². The number of hydrogen-bond acceptors (Lipinski definition) is 5. The Kier molecular flexibility index (Phi) is 6.16. The molecule has 0 spiro atoms. The van der Waals surface area contributed by atoms with E-state index in [2.05, 4.69) is 4.72 Å². The molecule has 0 heterocycles. The molecule has 0 bridgehead atoms. The van der Waals surface area contributed by atoms with Crippen LogP contribution >= 0.6 is 0 Å². The van der Waals surface area contributed by atoms with Crippen LogP contribution in [0.25, 0.3) is 0 Å². The third kappa shape index (κ3) is 4.75. The Labute approximate surface area is 111 Å². The smallest absolute Gasteiger partial charge is 0.242 e. The summed E-state index contributed by atoms with van der Waals surface area (Å²) >= 11 is 0. The van der Waals surface area contributed by atoms with Crippen molar-refractivity contribution >= 4 is 15.7 Å². The Balaban J connectivity index is 2.54. The number of para-hydroxylation sites is 1. The molecular formula is C11H17FN2O4S. The Morgan fingerprint density at radius 3 is 2.74 bits per heavy atom. The molecule has 0 atom stereocenters. The molecule has 0 fully saturated rings. The average Bonchev–Trinajstić information content (AvgIpc) is 2.36. The van der Waals surface area contributed by atoms with Crippen LogP contribution in [0.1, 0.15) is 0 Å². The molecule has 1 aromatic rings. The summed E-state index contributed by atoms with van der Waals surface area (Å²) in [6, 6.07) is 3.63. The lowest BCUT2D eigenvalue weighted by atomic mass is 10.3. The van der Waals surface area contributed by atoms with Gasteiger partial charge in [0.2, 0.25) is 10.0 Å². The molecule has 0 saturated carbocycles. The van der Waals surface area contributed by atoms with E-state index in [1.807, 2.05) is 0 Å². The van der Waals surface area contributed by atoms with Crippen molar-refractivity contribution in [2.24, 2.45) is 0 Å². The molecule has 3 N–H and O–H groups in total. The maximum absolute atomic E-state index is 13.2. The zero-order valence-corrected chi connectivity index (χ0v) is 11.4. The highest BCUT2D eigenvalue weighted by Gasteiger charge is 2.18. The van der Waals surface area contributed by atoms with Gasteiger partial charge in [-0.2, -0.15) is 0 Å². The molecule has 0 aliphatic carbocycles. The van der Waals surface area contributed by atoms with Gasteiger partial charge in [0.1, 0.15) is 10.7 Å². The van der Waals surface area contributed by atoms with E-state index in [-0.39, 0.29) is 18.0 Å². The van der Waals surface area contributed by atoms with Crippen molar-refractivity contribution in [1.82, 2.24) is 4.72 Å². The molecule has 108 valence electrons. The number of nitrogens with two attached hydrogens (primary N) is 1. The predicted octanol–water partition coefficient (Wildman–Crippen LogP) is 0.349. The fourth-order valence-corrected chi connectivity index (χ4v) is 2.47. The molecule has 0 aromatic heterocycles. The van der Waals surface area contributed by atoms with Crippen molar-refractivity contribution < 1.29 is 22.3 Å². The lowest BCUT2D eigenvalue weighted by Crippen LogP contribution is -2.28. The molecule has 0 aliphatic rings. The second-order valence-electron chi connectivity index (χ2n) is 3.65. The summed E-state index contributed by atoms with van der Waals surface area (Å²) in [5.41, 5.74) is 5.00. The summed E-state index contributed by atoms with van der Waals surface area (Å²) in [6.07, 6.45) is 0. The van der Waals surface area contributed by atoms with Gasteiger partial charge in [-0.1, -0.05) is 6.07 Å². The molecule has 19 heavy (non-hydrogen) atoms. The van der Waals surface area contributed by atoms with E-state index >= 15 is 0 Å². The second-order valence-corrected chi connectivity index (χ2v) is 5.39. The number of nitrogens with one attached hydrogen (secondary N) is 1. The van der Waals surface area contributed by atoms with Gasteiger partial charge in [-0.15, -0.1) is 0 Å². The van der Waals surface area contributed by atoms with E-state index in [1.165, 1.54) is 12.1 Å². The average molecular weight is 292 g/mol. The molecule has 1 rings (SSSR count). The first-order valence-corrected chi connectivity index (χ1v) is 7.07. The molecule has 1 aromatic carbocycles. The van der Waals surface area contributed by atoms with Crippen molar-refractivity contribution in [2.45, 2.75) is 4.90 Å². The second kappa shape index (κ2) is 7.39. The summed E-state index contributed by atoms with van der Waals surface area (Å²) < 4.78 is 49.0. The van der Waals surface area contributed by atoms with E-state index in [0.29, 0.717) is 13.2 Å². The first-order chi connectivity index (χ1) is 8.99. The van der Waals surface area contributed by atoms with Gasteiger partial charge in [-0.3, -0.25) is 0 Å². The number of sulfonamides is 1. The van der Waals surface area contributed by atoms with Crippen molar-refractivity contribution in [3.05, 3.63) is 24.0 Å². The number of hydrogen-bond donors (Lipinski definition) is 2. The van der Waals surface area contributed by atoms with Crippen LogP contribution in [-0.4, -0.2) is 41.9 Å². The fourth-order valence-electron chi connectivity index (χ4n) is 1.32. The Morgan fingerprint density at radius 1 is 1.32 bits per heavy atom. The minimum absolute atomic E-state index is 0.0714. The Hall–Kier alpha value is -1.22. The predicted molar refractivity (Wildman–Crippen MR) is 68.7 cm³/mol. The number of halogens is 1. The summed E-state index contributed by atoms with van der Waals surface area (Å²) in [6.45, 7) is 1.07. The molecule has 6 nitrogen and oxygen atoms in total. The van der Waals surface area contributed by atoms with Crippen LogP contribution in [0.4, 0.5) is 10.1 Å². The lowest BCUT2D eigenvalue weighted by molar-refractivity contribution is 0.0736. The van der Waals surface area contributed by atoms with Gasteiger partial charge < -0.3 is 15.2 Å². The van der Waals surface area contributed by atoms with Gasteiger partial charge in [0.15, 0.2) is 0 Å². The van der Waals surface area contributed by atoms with Crippen LogP contribution in [0, 0.1) is 5.82 Å². The maximum atomic E-state index is 13.2. The van der Waals surface area contributed by atoms with Crippen molar-refractivity contribution in [2.75, 3.05) is 39.2 Å². The molecule has 0 saturated heterocycles. The van der Waals surface area contributed by atoms with Crippen molar-refractivity contribution in [3.8, 4) is 0 Å². The van der Waals surface area contributed by atoms with Gasteiger partial charge in [0, 0.05) is 13.7 Å². The van der Waals surface area contributed by atoms with E-state index < -0.39 is 21.5 Å². The normalized spacial score (nSPS) is 11.7. The van der Waals surface area contributed by atoms with E-state index in [1.54, 1.807) is 7.11 Å². The monoisotopic (exact) mass is 292 g/mol. The molecule has 0 amide bonds. The largest absolute Gasteiger partial charge is 0.395 e. The van der Waals surface area contributed by atoms with Gasteiger partial charge in [-0.25, -0.2) is 17.5 Å². The number of nitrogen functional groups attached to an aromatic ring is 1. The highest BCUT2D eigenvalue weighted by molar-refractivity contribution is 7.89. The number of ether oxygens (including phenoxy) is 2. The van der Waals surface area contributed by atoms with Crippen LogP contribution in [0.15, 0.2) is 23.1 Å². The number of anilines is 1. The van der Waals surface area contributed by atoms with E-state index in [0.717, 1.165) is 6.07 Å². The third-order valence-corrected chi connectivity index (χ3v) is 3.79. The Bertz CT molecular complexity index is 507. The highest BCUT2D eigenvalue weighted by Crippen LogP contribution is 2.20. The van der Waals surface area contributed by atoms with Gasteiger partial charge >= 0.3 is 0 Å². The minimum atomic E-state index is -3.83. The Morgan fingerprint density at radius 2 is 2.05 bits per heavy atom. The third-order valence-electron chi connectivity index (χ3n) is 2.27. The SMILES string of the molecule is COCCOCCNS(=O)(=O)c1cccc(F)c1N. The highest BCUT2D eigenvalue weighted by atomic mass is 32.2. The molecule has 8 heteroatoms. The molecule has 0 radical (unpaired) electrons. The van der Waals surface area contributed by atoms with Gasteiger partial charge in [0.25, 0.3) is 0 Å². The minimum Gasteiger partial charge on any atom is -0.395 e. The van der Waals surface area contributed by atoms with Crippen LogP contribution < -0.4 is 10.5 Å². The number of benzene rings is 1. The maximum Gasteiger partial charge on any atom is 0.242 e. The zero-order valence-electron chi connectivity index (χ0n) is 10.6. The summed E-state index contributed by atoms with van der Waals surface area (Å²) in [5.74, 6) is -0.765. The van der Waals surface area contributed by atoms with Gasteiger partial charge in [-0.05, 0) is 12.1 Å². The summed E-state index contributed by atoms with van der Waals surface area (Å²) in [5, 5.41) is 0. The lowest BCUT2D eigenvalue weighted by Gasteiger charge is -2.09. The van der Waals surface area contributed by atoms with Crippen LogP contribution in [0.3, 0.4) is 0 Å². The van der Waals surface area contributed by atoms with E-state index in [9.17, 15) is 12.8 Å². The summed E-state index contributed by atoms with van der Waals surface area (Å²) in [4.78, 5) is -0.274. The van der Waals surface area contributed by atoms with Gasteiger partial charge in [0.05, 0.1) is 25.5 Å². The van der Waals surface area contributed by atoms with Crippen molar-refractivity contribution in [1.29, 1.82) is 0 Å².